The third-order valence-electron chi connectivity index (χ3n) is 4.84. The lowest BCUT2D eigenvalue weighted by molar-refractivity contribution is 0.102. The topological polar surface area (TPSA) is 80.9 Å². The van der Waals surface area contributed by atoms with Gasteiger partial charge in [0.1, 0.15) is 16.5 Å². The van der Waals surface area contributed by atoms with Gasteiger partial charge in [0.15, 0.2) is 5.76 Å². The summed E-state index contributed by atoms with van der Waals surface area (Å²) in [6, 6.07) is 23.1. The van der Waals surface area contributed by atoms with Crippen molar-refractivity contribution in [3.63, 3.8) is 0 Å². The summed E-state index contributed by atoms with van der Waals surface area (Å²) >= 11 is 1.37. The Morgan fingerprint density at radius 1 is 1.00 bits per heavy atom. The smallest absolute Gasteiger partial charge is 0.258 e. The van der Waals surface area contributed by atoms with Crippen LogP contribution >= 0.6 is 11.3 Å². The molecule has 1 N–H and O–H groups in total. The second-order valence-electron chi connectivity index (χ2n) is 7.10. The van der Waals surface area contributed by atoms with E-state index in [4.69, 9.17) is 4.42 Å². The number of hydrogen-bond donors (Lipinski definition) is 1. The molecule has 2 aromatic carbocycles. The minimum absolute atomic E-state index is 0.259. The van der Waals surface area contributed by atoms with Crippen molar-refractivity contribution in [3.05, 3.63) is 94.7 Å². The quantitative estimate of drug-likeness (QED) is 0.401. The summed E-state index contributed by atoms with van der Waals surface area (Å²) in [6.45, 7) is 1.88. The average Bonchev–Trinajstić information content (AvgIpc) is 3.42. The van der Waals surface area contributed by atoms with Crippen molar-refractivity contribution >= 4 is 33.3 Å². The normalized spacial score (nSPS) is 11.0. The highest BCUT2D eigenvalue weighted by Gasteiger charge is 2.17. The number of carbonyl (C=O) groups is 1. The molecule has 152 valence electrons. The summed E-state index contributed by atoms with van der Waals surface area (Å²) in [5.74, 6) is 1.15. The van der Waals surface area contributed by atoms with Gasteiger partial charge in [0, 0.05) is 11.8 Å². The molecule has 0 aliphatic rings. The number of carbonyl (C=O) groups excluding carboxylic acids is 1. The maximum absolute atomic E-state index is 13.2. The predicted octanol–water partition coefficient (Wildman–Crippen LogP) is 5.50. The number of fused-ring (bicyclic) bond motifs is 1. The van der Waals surface area contributed by atoms with Crippen molar-refractivity contribution in [2.24, 2.45) is 0 Å². The van der Waals surface area contributed by atoms with Crippen molar-refractivity contribution in [3.8, 4) is 11.5 Å². The van der Waals surface area contributed by atoms with Crippen LogP contribution in [0.4, 0.5) is 5.13 Å². The van der Waals surface area contributed by atoms with Crippen LogP contribution in [0.5, 0.6) is 0 Å². The molecular formula is C24H18N4O2S. The molecule has 0 aliphatic heterocycles. The van der Waals surface area contributed by atoms with Crippen molar-refractivity contribution in [1.29, 1.82) is 0 Å². The number of hydrogen-bond acceptors (Lipinski definition) is 6. The number of aryl methyl sites for hydroxylation is 1. The number of benzene rings is 2. The second kappa shape index (κ2) is 8.12. The fourth-order valence-corrected chi connectivity index (χ4v) is 4.14. The monoisotopic (exact) mass is 426 g/mol. The molecule has 0 saturated carbocycles. The lowest BCUT2D eigenvalue weighted by Crippen LogP contribution is -2.13. The number of amides is 1. The van der Waals surface area contributed by atoms with Crippen LogP contribution in [0, 0.1) is 6.92 Å². The van der Waals surface area contributed by atoms with Gasteiger partial charge in [-0.2, -0.15) is 0 Å². The molecule has 3 aromatic heterocycles. The summed E-state index contributed by atoms with van der Waals surface area (Å²) in [5, 5.41) is 13.3. The Balaban J connectivity index is 1.44. The highest BCUT2D eigenvalue weighted by molar-refractivity contribution is 7.15. The number of nitrogens with zero attached hydrogens (tertiary/aromatic N) is 3. The Morgan fingerprint density at radius 3 is 2.61 bits per heavy atom. The number of furan rings is 1. The van der Waals surface area contributed by atoms with Gasteiger partial charge in [-0.05, 0) is 36.8 Å². The third kappa shape index (κ3) is 4.08. The second-order valence-corrected chi connectivity index (χ2v) is 8.16. The van der Waals surface area contributed by atoms with Crippen molar-refractivity contribution in [2.75, 3.05) is 5.32 Å². The van der Waals surface area contributed by atoms with Gasteiger partial charge in [-0.25, -0.2) is 4.98 Å². The number of nitrogens with one attached hydrogen (secondary N) is 1. The number of anilines is 1. The van der Waals surface area contributed by atoms with E-state index in [0.717, 1.165) is 27.2 Å². The van der Waals surface area contributed by atoms with E-state index in [-0.39, 0.29) is 5.91 Å². The van der Waals surface area contributed by atoms with E-state index in [1.54, 1.807) is 6.07 Å². The number of rotatable bonds is 5. The summed E-state index contributed by atoms with van der Waals surface area (Å²) in [7, 11) is 0. The maximum atomic E-state index is 13.2. The van der Waals surface area contributed by atoms with Crippen LogP contribution in [-0.2, 0) is 6.42 Å². The van der Waals surface area contributed by atoms with Crippen LogP contribution in [0.1, 0.15) is 26.7 Å². The molecule has 1 amide bonds. The lowest BCUT2D eigenvalue weighted by atomic mass is 10.1. The molecule has 0 atom stereocenters. The van der Waals surface area contributed by atoms with E-state index < -0.39 is 0 Å². The Kier molecular flexibility index (Phi) is 5.01. The van der Waals surface area contributed by atoms with E-state index in [1.165, 1.54) is 11.3 Å². The summed E-state index contributed by atoms with van der Waals surface area (Å²) in [6.07, 6.45) is 0.675. The first-order valence-corrected chi connectivity index (χ1v) is 10.6. The molecule has 0 saturated heterocycles. The molecule has 7 heteroatoms. The molecule has 3 heterocycles. The van der Waals surface area contributed by atoms with E-state index in [2.05, 4.69) is 20.5 Å². The molecule has 0 unspecified atom stereocenters. The zero-order valence-electron chi connectivity index (χ0n) is 16.7. The van der Waals surface area contributed by atoms with E-state index in [1.807, 2.05) is 73.7 Å². The SMILES string of the molecule is Cc1ccc(-c2cc(C(=O)Nc3nnc(Cc4ccccc4)s3)c3ccccc3n2)o1. The van der Waals surface area contributed by atoms with Gasteiger partial charge in [0.2, 0.25) is 5.13 Å². The molecular weight excluding hydrogens is 408 g/mol. The minimum atomic E-state index is -0.259. The third-order valence-corrected chi connectivity index (χ3v) is 5.68. The van der Waals surface area contributed by atoms with Gasteiger partial charge < -0.3 is 4.42 Å². The van der Waals surface area contributed by atoms with Crippen molar-refractivity contribution < 1.29 is 9.21 Å². The van der Waals surface area contributed by atoms with E-state index >= 15 is 0 Å². The molecule has 0 spiro atoms. The Morgan fingerprint density at radius 2 is 1.81 bits per heavy atom. The Hall–Kier alpha value is -3.84. The zero-order chi connectivity index (χ0) is 21.2. The molecule has 5 rings (SSSR count). The fraction of sp³-hybridized carbons (Fsp3) is 0.0833. The lowest BCUT2D eigenvalue weighted by Gasteiger charge is -2.08. The highest BCUT2D eigenvalue weighted by Crippen LogP contribution is 2.27. The van der Waals surface area contributed by atoms with Crippen molar-refractivity contribution in [1.82, 2.24) is 15.2 Å². The molecule has 0 aliphatic carbocycles. The van der Waals surface area contributed by atoms with Crippen LogP contribution in [0.3, 0.4) is 0 Å². The Bertz CT molecular complexity index is 1370. The van der Waals surface area contributed by atoms with Gasteiger partial charge in [0.25, 0.3) is 5.91 Å². The minimum Gasteiger partial charge on any atom is -0.460 e. The number of pyridine rings is 1. The summed E-state index contributed by atoms with van der Waals surface area (Å²) in [5.41, 5.74) is 2.99. The van der Waals surface area contributed by atoms with Crippen LogP contribution in [0.2, 0.25) is 0 Å². The first-order valence-electron chi connectivity index (χ1n) is 9.80. The largest absolute Gasteiger partial charge is 0.460 e. The molecule has 31 heavy (non-hydrogen) atoms. The molecule has 6 nitrogen and oxygen atoms in total. The maximum Gasteiger partial charge on any atom is 0.258 e. The van der Waals surface area contributed by atoms with Crippen LogP contribution < -0.4 is 5.32 Å². The summed E-state index contributed by atoms with van der Waals surface area (Å²) < 4.78 is 5.72. The first-order chi connectivity index (χ1) is 15.2. The van der Waals surface area contributed by atoms with Gasteiger partial charge in [-0.3, -0.25) is 10.1 Å². The highest BCUT2D eigenvalue weighted by atomic mass is 32.1. The van der Waals surface area contributed by atoms with Gasteiger partial charge in [0.05, 0.1) is 11.1 Å². The van der Waals surface area contributed by atoms with E-state index in [9.17, 15) is 4.79 Å². The summed E-state index contributed by atoms with van der Waals surface area (Å²) in [4.78, 5) is 17.8. The fourth-order valence-electron chi connectivity index (χ4n) is 3.37. The van der Waals surface area contributed by atoms with Crippen LogP contribution in [-0.4, -0.2) is 21.1 Å². The van der Waals surface area contributed by atoms with Crippen molar-refractivity contribution in [2.45, 2.75) is 13.3 Å². The standard InChI is InChI=1S/C24H18N4O2S/c1-15-11-12-21(30-15)20-14-18(17-9-5-6-10-19(17)25-20)23(29)26-24-28-27-22(31-24)13-16-7-3-2-4-8-16/h2-12,14H,13H2,1H3,(H,26,28,29). The predicted molar refractivity (Wildman–Crippen MR) is 121 cm³/mol. The molecule has 5 aromatic rings. The van der Waals surface area contributed by atoms with Crippen LogP contribution in [0.25, 0.3) is 22.4 Å². The molecule has 0 bridgehead atoms. The van der Waals surface area contributed by atoms with Gasteiger partial charge in [-0.1, -0.05) is 59.9 Å². The van der Waals surface area contributed by atoms with Gasteiger partial charge in [-0.15, -0.1) is 10.2 Å². The first kappa shape index (κ1) is 19.1. The number of para-hydroxylation sites is 1. The zero-order valence-corrected chi connectivity index (χ0v) is 17.5. The number of aromatic nitrogens is 3. The average molecular weight is 427 g/mol. The molecule has 0 fully saturated rings. The van der Waals surface area contributed by atoms with Gasteiger partial charge >= 0.3 is 0 Å². The van der Waals surface area contributed by atoms with Crippen LogP contribution in [0.15, 0.2) is 77.2 Å². The molecule has 0 radical (unpaired) electrons. The van der Waals surface area contributed by atoms with E-state index in [0.29, 0.717) is 28.6 Å². The Labute approximate surface area is 182 Å².